The molecule has 0 radical (unpaired) electrons. The Bertz CT molecular complexity index is 293. The van der Waals surface area contributed by atoms with E-state index < -0.39 is 5.54 Å². The van der Waals surface area contributed by atoms with Crippen molar-refractivity contribution in [2.45, 2.75) is 64.1 Å². The number of likely N-dealkylation sites (N-methyl/N-ethyl adjacent to an activating group) is 1. The standard InChI is InChI=1S/C14H29N3O/c1-10(2)8-11(3)17(5)12-6-7-14(9-12,16-4)13(15)18/h10-12,16H,6-9H2,1-5H3,(H2,15,18). The fourth-order valence-electron chi connectivity index (χ4n) is 3.15. The lowest BCUT2D eigenvalue weighted by molar-refractivity contribution is -0.124. The number of carbonyl (C=O) groups is 1. The summed E-state index contributed by atoms with van der Waals surface area (Å²) in [5, 5.41) is 3.14. The molecule has 1 aliphatic rings. The van der Waals surface area contributed by atoms with E-state index in [-0.39, 0.29) is 5.91 Å². The van der Waals surface area contributed by atoms with Crippen LogP contribution >= 0.6 is 0 Å². The summed E-state index contributed by atoms with van der Waals surface area (Å²) in [6.45, 7) is 6.77. The van der Waals surface area contributed by atoms with Crippen LogP contribution in [0.1, 0.15) is 46.5 Å². The van der Waals surface area contributed by atoms with Crippen LogP contribution in [-0.2, 0) is 4.79 Å². The minimum Gasteiger partial charge on any atom is -0.368 e. The van der Waals surface area contributed by atoms with Gasteiger partial charge in [-0.2, -0.15) is 0 Å². The molecular formula is C14H29N3O. The Hall–Kier alpha value is -0.610. The molecule has 0 aromatic heterocycles. The third kappa shape index (κ3) is 3.23. The molecule has 0 spiro atoms. The van der Waals surface area contributed by atoms with Crippen molar-refractivity contribution in [2.75, 3.05) is 14.1 Å². The zero-order chi connectivity index (χ0) is 13.9. The largest absolute Gasteiger partial charge is 0.368 e. The minimum atomic E-state index is -0.490. The van der Waals surface area contributed by atoms with Gasteiger partial charge in [-0.15, -0.1) is 0 Å². The summed E-state index contributed by atoms with van der Waals surface area (Å²) < 4.78 is 0. The van der Waals surface area contributed by atoms with Crippen molar-refractivity contribution in [3.8, 4) is 0 Å². The lowest BCUT2D eigenvalue weighted by atomic mass is 9.96. The van der Waals surface area contributed by atoms with Crippen LogP contribution in [0.3, 0.4) is 0 Å². The van der Waals surface area contributed by atoms with E-state index in [0.29, 0.717) is 18.0 Å². The van der Waals surface area contributed by atoms with Gasteiger partial charge in [0.15, 0.2) is 0 Å². The van der Waals surface area contributed by atoms with Crippen molar-refractivity contribution < 1.29 is 4.79 Å². The average Bonchev–Trinajstić information content (AvgIpc) is 2.72. The predicted molar refractivity (Wildman–Crippen MR) is 75.3 cm³/mol. The highest BCUT2D eigenvalue weighted by molar-refractivity contribution is 5.85. The quantitative estimate of drug-likeness (QED) is 0.753. The summed E-state index contributed by atoms with van der Waals surface area (Å²) in [5.74, 6) is 0.492. The lowest BCUT2D eigenvalue weighted by Gasteiger charge is -2.33. The van der Waals surface area contributed by atoms with Crippen LogP contribution in [0.2, 0.25) is 0 Å². The maximum Gasteiger partial charge on any atom is 0.237 e. The van der Waals surface area contributed by atoms with Gasteiger partial charge in [-0.1, -0.05) is 13.8 Å². The van der Waals surface area contributed by atoms with Crippen LogP contribution in [0.15, 0.2) is 0 Å². The van der Waals surface area contributed by atoms with Gasteiger partial charge in [0, 0.05) is 12.1 Å². The normalized spacial score (nSPS) is 30.1. The Morgan fingerprint density at radius 1 is 1.50 bits per heavy atom. The molecule has 1 rings (SSSR count). The zero-order valence-corrected chi connectivity index (χ0v) is 12.5. The maximum absolute atomic E-state index is 11.6. The second-order valence-corrected chi connectivity index (χ2v) is 6.24. The maximum atomic E-state index is 11.6. The second-order valence-electron chi connectivity index (χ2n) is 6.24. The smallest absolute Gasteiger partial charge is 0.237 e. The van der Waals surface area contributed by atoms with Crippen LogP contribution in [0.4, 0.5) is 0 Å². The molecule has 106 valence electrons. The SMILES string of the molecule is CNC1(C(N)=O)CCC(N(C)C(C)CC(C)C)C1. The molecule has 3 N–H and O–H groups in total. The Morgan fingerprint density at radius 3 is 2.50 bits per heavy atom. The molecule has 3 unspecified atom stereocenters. The molecule has 1 aliphatic carbocycles. The van der Waals surface area contributed by atoms with Crippen molar-refractivity contribution in [3.05, 3.63) is 0 Å². The Labute approximate surface area is 111 Å². The van der Waals surface area contributed by atoms with Crippen molar-refractivity contribution in [2.24, 2.45) is 11.7 Å². The van der Waals surface area contributed by atoms with Gasteiger partial charge >= 0.3 is 0 Å². The van der Waals surface area contributed by atoms with E-state index in [1.807, 2.05) is 7.05 Å². The highest BCUT2D eigenvalue weighted by atomic mass is 16.1. The number of nitrogens with two attached hydrogens (primary N) is 1. The first-order valence-corrected chi connectivity index (χ1v) is 7.03. The molecular weight excluding hydrogens is 226 g/mol. The molecule has 0 aliphatic heterocycles. The van der Waals surface area contributed by atoms with E-state index in [0.717, 1.165) is 19.3 Å². The molecule has 18 heavy (non-hydrogen) atoms. The number of nitrogens with one attached hydrogen (secondary N) is 1. The Kier molecular flexibility index (Phi) is 5.17. The third-order valence-electron chi connectivity index (χ3n) is 4.52. The van der Waals surface area contributed by atoms with Crippen LogP contribution < -0.4 is 11.1 Å². The number of rotatable bonds is 6. The molecule has 0 bridgehead atoms. The summed E-state index contributed by atoms with van der Waals surface area (Å²) in [6, 6.07) is 1.01. The van der Waals surface area contributed by atoms with Gasteiger partial charge in [0.1, 0.15) is 0 Å². The number of carbonyl (C=O) groups excluding carboxylic acids is 1. The molecule has 1 saturated carbocycles. The summed E-state index contributed by atoms with van der Waals surface area (Å²) in [5.41, 5.74) is 5.05. The predicted octanol–water partition coefficient (Wildman–Crippen LogP) is 1.35. The summed E-state index contributed by atoms with van der Waals surface area (Å²) >= 11 is 0. The monoisotopic (exact) mass is 255 g/mol. The third-order valence-corrected chi connectivity index (χ3v) is 4.52. The van der Waals surface area contributed by atoms with Crippen molar-refractivity contribution in [1.29, 1.82) is 0 Å². The van der Waals surface area contributed by atoms with Gasteiger partial charge in [-0.3, -0.25) is 4.79 Å². The van der Waals surface area contributed by atoms with Crippen LogP contribution in [0.5, 0.6) is 0 Å². The zero-order valence-electron chi connectivity index (χ0n) is 12.5. The molecule has 4 heteroatoms. The van der Waals surface area contributed by atoms with Crippen LogP contribution in [0.25, 0.3) is 0 Å². The number of hydrogen-bond donors (Lipinski definition) is 2. The second kappa shape index (κ2) is 6.02. The van der Waals surface area contributed by atoms with Crippen molar-refractivity contribution in [3.63, 3.8) is 0 Å². The lowest BCUT2D eigenvalue weighted by Crippen LogP contribution is -2.53. The molecule has 0 heterocycles. The topological polar surface area (TPSA) is 58.4 Å². The van der Waals surface area contributed by atoms with Gasteiger partial charge in [0.25, 0.3) is 0 Å². The first-order chi connectivity index (χ1) is 8.32. The van der Waals surface area contributed by atoms with E-state index in [1.54, 1.807) is 0 Å². The molecule has 4 nitrogen and oxygen atoms in total. The number of hydrogen-bond acceptors (Lipinski definition) is 3. The van der Waals surface area contributed by atoms with Gasteiger partial charge in [0.2, 0.25) is 5.91 Å². The van der Waals surface area contributed by atoms with E-state index in [1.165, 1.54) is 6.42 Å². The fraction of sp³-hybridized carbons (Fsp3) is 0.929. The summed E-state index contributed by atoms with van der Waals surface area (Å²) in [6.07, 6.45) is 3.92. The van der Waals surface area contributed by atoms with E-state index in [9.17, 15) is 4.79 Å². The molecule has 3 atom stereocenters. The molecule has 0 aromatic carbocycles. The molecule has 1 amide bonds. The first-order valence-electron chi connectivity index (χ1n) is 7.03. The molecule has 0 saturated heterocycles. The highest BCUT2D eigenvalue weighted by Gasteiger charge is 2.44. The number of amides is 1. The molecule has 0 aromatic rings. The van der Waals surface area contributed by atoms with Crippen LogP contribution in [-0.4, -0.2) is 42.5 Å². The average molecular weight is 255 g/mol. The van der Waals surface area contributed by atoms with Crippen molar-refractivity contribution in [1.82, 2.24) is 10.2 Å². The summed E-state index contributed by atoms with van der Waals surface area (Å²) in [7, 11) is 4.01. The van der Waals surface area contributed by atoms with Crippen LogP contribution in [0, 0.1) is 5.92 Å². The Balaban J connectivity index is 2.63. The fourth-order valence-corrected chi connectivity index (χ4v) is 3.15. The molecule has 1 fully saturated rings. The highest BCUT2D eigenvalue weighted by Crippen LogP contribution is 2.33. The number of nitrogens with zero attached hydrogens (tertiary/aromatic N) is 1. The van der Waals surface area contributed by atoms with E-state index in [4.69, 9.17) is 5.73 Å². The van der Waals surface area contributed by atoms with Gasteiger partial charge < -0.3 is 16.0 Å². The summed E-state index contributed by atoms with van der Waals surface area (Å²) in [4.78, 5) is 14.0. The van der Waals surface area contributed by atoms with Gasteiger partial charge in [-0.25, -0.2) is 0 Å². The van der Waals surface area contributed by atoms with Gasteiger partial charge in [0.05, 0.1) is 5.54 Å². The van der Waals surface area contributed by atoms with E-state index >= 15 is 0 Å². The van der Waals surface area contributed by atoms with E-state index in [2.05, 4.69) is 38.0 Å². The van der Waals surface area contributed by atoms with Gasteiger partial charge in [-0.05, 0) is 52.6 Å². The first kappa shape index (κ1) is 15.4. The Morgan fingerprint density at radius 2 is 2.11 bits per heavy atom. The van der Waals surface area contributed by atoms with Crippen molar-refractivity contribution >= 4 is 5.91 Å². The minimum absolute atomic E-state index is 0.211. The number of primary amides is 1.